The Morgan fingerprint density at radius 1 is 1.18 bits per heavy atom. The molecule has 4 aliphatic carbocycles. The quantitative estimate of drug-likeness (QED) is 0.730. The Morgan fingerprint density at radius 2 is 1.93 bits per heavy atom. The molecule has 28 heavy (non-hydrogen) atoms. The van der Waals surface area contributed by atoms with Gasteiger partial charge in [0.2, 0.25) is 0 Å². The van der Waals surface area contributed by atoms with E-state index in [0.717, 1.165) is 32.1 Å². The van der Waals surface area contributed by atoms with Crippen LogP contribution >= 0.6 is 0 Å². The predicted molar refractivity (Wildman–Crippen MR) is 108 cm³/mol. The second-order valence-electron chi connectivity index (χ2n) is 11.1. The van der Waals surface area contributed by atoms with Crippen molar-refractivity contribution < 1.29 is 19.8 Å². The molecule has 4 aliphatic rings. The van der Waals surface area contributed by atoms with Crippen LogP contribution in [0.15, 0.2) is 0 Å². The van der Waals surface area contributed by atoms with Crippen molar-refractivity contribution in [2.24, 2.45) is 46.3 Å². The van der Waals surface area contributed by atoms with E-state index in [2.05, 4.69) is 20.8 Å². The number of aliphatic carboxylic acids is 1. The minimum Gasteiger partial charge on any atom is -0.481 e. The Morgan fingerprint density at radius 3 is 2.64 bits per heavy atom. The van der Waals surface area contributed by atoms with E-state index >= 15 is 0 Å². The highest BCUT2D eigenvalue weighted by Crippen LogP contribution is 2.68. The average molecular weight is 391 g/mol. The lowest BCUT2D eigenvalue weighted by molar-refractivity contribution is -0.171. The second kappa shape index (κ2) is 7.11. The summed E-state index contributed by atoms with van der Waals surface area (Å²) in [6.45, 7) is 6.93. The molecule has 0 unspecified atom stereocenters. The van der Waals surface area contributed by atoms with Gasteiger partial charge in [-0.05, 0) is 91.3 Å². The van der Waals surface area contributed by atoms with Crippen molar-refractivity contribution in [3.05, 3.63) is 0 Å². The van der Waals surface area contributed by atoms with E-state index < -0.39 is 5.97 Å². The van der Waals surface area contributed by atoms with Crippen LogP contribution in [0.25, 0.3) is 0 Å². The number of ketones is 1. The molecule has 0 amide bonds. The summed E-state index contributed by atoms with van der Waals surface area (Å²) in [5.74, 6) is 2.76. The Balaban J connectivity index is 1.57. The fourth-order valence-corrected chi connectivity index (χ4v) is 8.52. The van der Waals surface area contributed by atoms with Gasteiger partial charge < -0.3 is 10.2 Å². The molecule has 0 saturated heterocycles. The normalized spacial score (nSPS) is 49.1. The average Bonchev–Trinajstić information content (AvgIpc) is 3.00. The lowest BCUT2D eigenvalue weighted by Crippen LogP contribution is -2.58. The highest BCUT2D eigenvalue weighted by molar-refractivity contribution is 5.79. The van der Waals surface area contributed by atoms with Gasteiger partial charge in [-0.2, -0.15) is 0 Å². The third-order valence-electron chi connectivity index (χ3n) is 10.2. The van der Waals surface area contributed by atoms with Crippen molar-refractivity contribution in [1.29, 1.82) is 0 Å². The SMILES string of the molecule is C[C@@H](CCC(=O)O)[C@H]1CC[C@@H]2[C@H]3CC[C@@H]4CC(=O)CC[C@]4(C)[C@H]3C[C@H](O)[C@@]21C. The lowest BCUT2D eigenvalue weighted by atomic mass is 9.44. The zero-order valence-electron chi connectivity index (χ0n) is 17.8. The number of carbonyl (C=O) groups excluding carboxylic acids is 1. The van der Waals surface area contributed by atoms with E-state index in [0.29, 0.717) is 47.7 Å². The summed E-state index contributed by atoms with van der Waals surface area (Å²) in [7, 11) is 0. The first-order chi connectivity index (χ1) is 13.2. The van der Waals surface area contributed by atoms with Crippen molar-refractivity contribution in [1.82, 2.24) is 0 Å². The molecule has 2 N–H and O–H groups in total. The fourth-order valence-electron chi connectivity index (χ4n) is 8.52. The summed E-state index contributed by atoms with van der Waals surface area (Å²) in [5, 5.41) is 20.5. The van der Waals surface area contributed by atoms with E-state index in [1.807, 2.05) is 0 Å². The molecular formula is C24H38O4. The number of hydrogen-bond acceptors (Lipinski definition) is 3. The Bertz CT molecular complexity index is 645. The summed E-state index contributed by atoms with van der Waals surface area (Å²) >= 11 is 0. The molecule has 4 rings (SSSR count). The first-order valence-corrected chi connectivity index (χ1v) is 11.6. The van der Waals surface area contributed by atoms with E-state index in [4.69, 9.17) is 5.11 Å². The number of aliphatic hydroxyl groups excluding tert-OH is 1. The Kier molecular flexibility index (Phi) is 5.17. The van der Waals surface area contributed by atoms with Crippen LogP contribution < -0.4 is 0 Å². The maximum absolute atomic E-state index is 12.1. The molecule has 4 saturated carbocycles. The molecule has 4 fully saturated rings. The van der Waals surface area contributed by atoms with Gasteiger partial charge in [0.25, 0.3) is 0 Å². The van der Waals surface area contributed by atoms with Crippen LogP contribution in [-0.2, 0) is 9.59 Å². The number of hydrogen-bond donors (Lipinski definition) is 2. The third kappa shape index (κ3) is 2.97. The van der Waals surface area contributed by atoms with E-state index in [1.165, 1.54) is 19.3 Å². The third-order valence-corrected chi connectivity index (χ3v) is 10.2. The van der Waals surface area contributed by atoms with Gasteiger partial charge in [0.1, 0.15) is 5.78 Å². The minimum absolute atomic E-state index is 0.0766. The first kappa shape index (κ1) is 20.4. The van der Waals surface area contributed by atoms with Crippen molar-refractivity contribution >= 4 is 11.8 Å². The second-order valence-corrected chi connectivity index (χ2v) is 11.1. The molecule has 9 atom stereocenters. The zero-order valence-corrected chi connectivity index (χ0v) is 17.8. The standard InChI is InChI=1S/C24H38O4/c1-14(4-9-22(27)28)18-7-8-19-17-6-5-15-12-16(25)10-11-23(15,2)20(17)13-21(26)24(18,19)3/h14-15,17-21,26H,4-13H2,1-3H3,(H,27,28)/t14-,15+,17+,18+,19+,20-,21-,23-,24+/m0/s1. The molecule has 0 aliphatic heterocycles. The predicted octanol–water partition coefficient (Wildman–Crippen LogP) is 4.69. The lowest BCUT2D eigenvalue weighted by Gasteiger charge is -2.62. The first-order valence-electron chi connectivity index (χ1n) is 11.6. The van der Waals surface area contributed by atoms with Gasteiger partial charge in [0, 0.05) is 19.3 Å². The molecule has 0 radical (unpaired) electrons. The van der Waals surface area contributed by atoms with Gasteiger partial charge in [-0.1, -0.05) is 20.8 Å². The molecule has 0 heterocycles. The van der Waals surface area contributed by atoms with Gasteiger partial charge in [0.05, 0.1) is 6.10 Å². The van der Waals surface area contributed by atoms with Crippen LogP contribution in [0.5, 0.6) is 0 Å². The summed E-state index contributed by atoms with van der Waals surface area (Å²) in [4.78, 5) is 23.1. The number of aliphatic hydroxyl groups is 1. The minimum atomic E-state index is -0.714. The molecule has 0 aromatic heterocycles. The molecule has 158 valence electrons. The maximum atomic E-state index is 12.1. The van der Waals surface area contributed by atoms with Crippen LogP contribution in [0.3, 0.4) is 0 Å². The topological polar surface area (TPSA) is 74.6 Å². The van der Waals surface area contributed by atoms with Crippen molar-refractivity contribution in [3.63, 3.8) is 0 Å². The highest BCUT2D eigenvalue weighted by Gasteiger charge is 2.63. The van der Waals surface area contributed by atoms with E-state index in [1.54, 1.807) is 0 Å². The summed E-state index contributed by atoms with van der Waals surface area (Å²) in [5.41, 5.74) is 0.138. The van der Waals surface area contributed by atoms with E-state index in [-0.39, 0.29) is 23.4 Å². The van der Waals surface area contributed by atoms with E-state index in [9.17, 15) is 14.7 Å². The monoisotopic (exact) mass is 390 g/mol. The Hall–Kier alpha value is -0.900. The molecule has 4 heteroatoms. The molecule has 0 bridgehead atoms. The van der Waals surface area contributed by atoms with Crippen LogP contribution in [-0.4, -0.2) is 28.1 Å². The van der Waals surface area contributed by atoms with Crippen LogP contribution in [0.4, 0.5) is 0 Å². The number of carboxylic acids is 1. The van der Waals surface area contributed by atoms with Gasteiger partial charge in [0.15, 0.2) is 0 Å². The van der Waals surface area contributed by atoms with Gasteiger partial charge in [-0.3, -0.25) is 9.59 Å². The van der Waals surface area contributed by atoms with Crippen molar-refractivity contribution in [2.75, 3.05) is 0 Å². The summed E-state index contributed by atoms with van der Waals surface area (Å²) in [6.07, 6.45) is 8.69. The van der Waals surface area contributed by atoms with Crippen LogP contribution in [0, 0.1) is 46.3 Å². The number of fused-ring (bicyclic) bond motifs is 5. The Labute approximate surface area is 169 Å². The zero-order chi connectivity index (χ0) is 20.3. The van der Waals surface area contributed by atoms with Crippen molar-refractivity contribution in [2.45, 2.75) is 91.1 Å². The van der Waals surface area contributed by atoms with Crippen molar-refractivity contribution in [3.8, 4) is 0 Å². The number of carbonyl (C=O) groups is 2. The van der Waals surface area contributed by atoms with Gasteiger partial charge in [-0.15, -0.1) is 0 Å². The molecular weight excluding hydrogens is 352 g/mol. The van der Waals surface area contributed by atoms with Crippen LogP contribution in [0.1, 0.15) is 85.0 Å². The fraction of sp³-hybridized carbons (Fsp3) is 0.917. The summed E-state index contributed by atoms with van der Waals surface area (Å²) < 4.78 is 0. The molecule has 0 spiro atoms. The largest absolute Gasteiger partial charge is 0.481 e. The van der Waals surface area contributed by atoms with Gasteiger partial charge >= 0.3 is 5.97 Å². The maximum Gasteiger partial charge on any atom is 0.303 e. The smallest absolute Gasteiger partial charge is 0.303 e. The summed E-state index contributed by atoms with van der Waals surface area (Å²) in [6, 6.07) is 0. The van der Waals surface area contributed by atoms with Gasteiger partial charge in [-0.25, -0.2) is 0 Å². The number of rotatable bonds is 4. The highest BCUT2D eigenvalue weighted by atomic mass is 16.4. The van der Waals surface area contributed by atoms with Crippen LogP contribution in [0.2, 0.25) is 0 Å². The molecule has 0 aromatic carbocycles. The number of carboxylic acid groups (broad SMARTS) is 1. The molecule has 4 nitrogen and oxygen atoms in total. The molecule has 0 aromatic rings. The number of Topliss-reactive ketones (excluding diaryl/α,β-unsaturated/α-hetero) is 1.